The summed E-state index contributed by atoms with van der Waals surface area (Å²) in [6, 6.07) is 5.50. The highest BCUT2D eigenvalue weighted by Crippen LogP contribution is 2.34. The third kappa shape index (κ3) is 2.86. The lowest BCUT2D eigenvalue weighted by molar-refractivity contribution is 0.170. The zero-order valence-electron chi connectivity index (χ0n) is 10.2. The largest absolute Gasteiger partial charge is 0.454 e. The van der Waals surface area contributed by atoms with Gasteiger partial charge in [-0.25, -0.2) is 0 Å². The molecule has 1 unspecified atom stereocenters. The molecule has 19 heavy (non-hydrogen) atoms. The van der Waals surface area contributed by atoms with Crippen molar-refractivity contribution < 1.29 is 14.6 Å². The Morgan fingerprint density at radius 3 is 3.11 bits per heavy atom. The van der Waals surface area contributed by atoms with E-state index in [1.807, 2.05) is 24.4 Å². The number of fused-ring (bicyclic) bond motifs is 1. The first-order valence-electron chi connectivity index (χ1n) is 5.98. The lowest BCUT2D eigenvalue weighted by Crippen LogP contribution is -2.20. The van der Waals surface area contributed by atoms with Gasteiger partial charge in [0.25, 0.3) is 0 Å². The number of hydrogen-bond donors (Lipinski definition) is 2. The summed E-state index contributed by atoms with van der Waals surface area (Å²) >= 11 is 1.59. The molecule has 5 nitrogen and oxygen atoms in total. The molecular formula is C13H14N2O3S. The molecule has 1 aromatic heterocycles. The summed E-state index contributed by atoms with van der Waals surface area (Å²) < 4.78 is 10.5. The number of benzene rings is 1. The maximum absolute atomic E-state index is 10.1. The monoisotopic (exact) mass is 278 g/mol. The van der Waals surface area contributed by atoms with Crippen LogP contribution >= 0.6 is 11.3 Å². The fourth-order valence-corrected chi connectivity index (χ4v) is 2.46. The molecule has 0 radical (unpaired) electrons. The minimum Gasteiger partial charge on any atom is -0.454 e. The molecule has 2 aromatic rings. The molecule has 6 heteroatoms. The van der Waals surface area contributed by atoms with E-state index in [-0.39, 0.29) is 6.79 Å². The van der Waals surface area contributed by atoms with Crippen molar-refractivity contribution in [1.29, 1.82) is 0 Å². The number of thiazole rings is 1. The first-order chi connectivity index (χ1) is 9.33. The van der Waals surface area contributed by atoms with Crippen LogP contribution in [0.3, 0.4) is 0 Å². The second kappa shape index (κ2) is 5.56. The predicted molar refractivity (Wildman–Crippen MR) is 71.3 cm³/mol. The first kappa shape index (κ1) is 12.4. The average Bonchev–Trinajstić information content (AvgIpc) is 3.08. The summed E-state index contributed by atoms with van der Waals surface area (Å²) in [5.74, 6) is 1.42. The van der Waals surface area contributed by atoms with Crippen LogP contribution in [-0.4, -0.2) is 23.4 Å². The fourth-order valence-electron chi connectivity index (χ4n) is 1.90. The van der Waals surface area contributed by atoms with Crippen LogP contribution in [0.15, 0.2) is 29.9 Å². The van der Waals surface area contributed by atoms with E-state index in [0.717, 1.165) is 16.2 Å². The predicted octanol–water partition coefficient (Wildman–Crippen LogP) is 1.69. The van der Waals surface area contributed by atoms with E-state index in [0.29, 0.717) is 18.8 Å². The SMILES string of the molecule is OC(CNCc1cncs1)c1ccc2c(c1)OCO2. The van der Waals surface area contributed by atoms with Crippen LogP contribution in [0, 0.1) is 0 Å². The van der Waals surface area contributed by atoms with Crippen molar-refractivity contribution in [1.82, 2.24) is 10.3 Å². The van der Waals surface area contributed by atoms with Crippen molar-refractivity contribution in [3.63, 3.8) is 0 Å². The molecule has 1 aliphatic rings. The molecule has 0 bridgehead atoms. The van der Waals surface area contributed by atoms with Gasteiger partial charge in [-0.05, 0) is 17.7 Å². The van der Waals surface area contributed by atoms with Crippen molar-refractivity contribution in [2.24, 2.45) is 0 Å². The molecule has 0 aliphatic carbocycles. The highest BCUT2D eigenvalue weighted by atomic mass is 32.1. The summed E-state index contributed by atoms with van der Waals surface area (Å²) in [7, 11) is 0. The fraction of sp³-hybridized carbons (Fsp3) is 0.308. The standard InChI is InChI=1S/C13H14N2O3S/c16-11(6-14-4-10-5-15-7-19-10)9-1-2-12-13(3-9)18-8-17-12/h1-3,5,7,11,14,16H,4,6,8H2. The zero-order valence-corrected chi connectivity index (χ0v) is 11.0. The lowest BCUT2D eigenvalue weighted by Gasteiger charge is -2.12. The van der Waals surface area contributed by atoms with Crippen molar-refractivity contribution >= 4 is 11.3 Å². The van der Waals surface area contributed by atoms with Crippen LogP contribution in [0.5, 0.6) is 11.5 Å². The van der Waals surface area contributed by atoms with Gasteiger partial charge in [-0.2, -0.15) is 0 Å². The Bertz CT molecular complexity index is 545. The van der Waals surface area contributed by atoms with E-state index in [9.17, 15) is 5.11 Å². The summed E-state index contributed by atoms with van der Waals surface area (Å²) in [5, 5.41) is 13.3. The second-order valence-corrected chi connectivity index (χ2v) is 5.20. The average molecular weight is 278 g/mol. The summed E-state index contributed by atoms with van der Waals surface area (Å²) in [6.45, 7) is 1.45. The maximum Gasteiger partial charge on any atom is 0.231 e. The molecule has 3 rings (SSSR count). The van der Waals surface area contributed by atoms with Crippen molar-refractivity contribution in [3.8, 4) is 11.5 Å². The number of hydrogen-bond acceptors (Lipinski definition) is 6. The minimum absolute atomic E-state index is 0.249. The molecule has 1 aromatic carbocycles. The van der Waals surface area contributed by atoms with Crippen LogP contribution in [-0.2, 0) is 6.54 Å². The minimum atomic E-state index is -0.567. The molecule has 2 heterocycles. The lowest BCUT2D eigenvalue weighted by atomic mass is 10.1. The van der Waals surface area contributed by atoms with Crippen molar-refractivity contribution in [3.05, 3.63) is 40.3 Å². The quantitative estimate of drug-likeness (QED) is 0.871. The number of nitrogens with one attached hydrogen (secondary N) is 1. The van der Waals surface area contributed by atoms with E-state index in [4.69, 9.17) is 9.47 Å². The third-order valence-electron chi connectivity index (χ3n) is 2.90. The Morgan fingerprint density at radius 2 is 2.26 bits per heavy atom. The van der Waals surface area contributed by atoms with Gasteiger partial charge < -0.3 is 19.9 Å². The van der Waals surface area contributed by atoms with Gasteiger partial charge in [0.2, 0.25) is 6.79 Å². The van der Waals surface area contributed by atoms with Gasteiger partial charge in [-0.15, -0.1) is 11.3 Å². The van der Waals surface area contributed by atoms with E-state index >= 15 is 0 Å². The molecular weight excluding hydrogens is 264 g/mol. The molecule has 2 N–H and O–H groups in total. The smallest absolute Gasteiger partial charge is 0.231 e. The van der Waals surface area contributed by atoms with Gasteiger partial charge in [0.1, 0.15) is 0 Å². The van der Waals surface area contributed by atoms with E-state index in [1.165, 1.54) is 0 Å². The van der Waals surface area contributed by atoms with Gasteiger partial charge in [-0.1, -0.05) is 6.07 Å². The molecule has 0 amide bonds. The van der Waals surface area contributed by atoms with E-state index in [2.05, 4.69) is 10.3 Å². The van der Waals surface area contributed by atoms with Gasteiger partial charge >= 0.3 is 0 Å². The van der Waals surface area contributed by atoms with Crippen LogP contribution in [0.2, 0.25) is 0 Å². The maximum atomic E-state index is 10.1. The number of rotatable bonds is 5. The number of ether oxygens (including phenoxy) is 2. The Hall–Kier alpha value is -1.63. The Balaban J connectivity index is 1.56. The summed E-state index contributed by atoms with van der Waals surface area (Å²) in [6.07, 6.45) is 1.26. The molecule has 100 valence electrons. The van der Waals surface area contributed by atoms with Gasteiger partial charge in [0, 0.05) is 24.2 Å². The van der Waals surface area contributed by atoms with Crippen molar-refractivity contribution in [2.45, 2.75) is 12.6 Å². The topological polar surface area (TPSA) is 63.6 Å². The van der Waals surface area contributed by atoms with Gasteiger partial charge in [-0.3, -0.25) is 4.98 Å². The molecule has 1 atom stereocenters. The van der Waals surface area contributed by atoms with E-state index in [1.54, 1.807) is 16.8 Å². The summed E-state index contributed by atoms with van der Waals surface area (Å²) in [5.41, 5.74) is 2.62. The van der Waals surface area contributed by atoms with Crippen LogP contribution in [0.25, 0.3) is 0 Å². The Labute approximate surface area is 114 Å². The van der Waals surface area contributed by atoms with Gasteiger partial charge in [0.05, 0.1) is 11.6 Å². The summed E-state index contributed by atoms with van der Waals surface area (Å²) in [4.78, 5) is 5.15. The number of nitrogens with zero attached hydrogens (tertiary/aromatic N) is 1. The van der Waals surface area contributed by atoms with Crippen LogP contribution < -0.4 is 14.8 Å². The third-order valence-corrected chi connectivity index (χ3v) is 3.68. The molecule has 1 aliphatic heterocycles. The molecule has 0 saturated carbocycles. The first-order valence-corrected chi connectivity index (χ1v) is 6.86. The van der Waals surface area contributed by atoms with Crippen LogP contribution in [0.1, 0.15) is 16.5 Å². The molecule has 0 fully saturated rings. The van der Waals surface area contributed by atoms with Crippen molar-refractivity contribution in [2.75, 3.05) is 13.3 Å². The van der Waals surface area contributed by atoms with E-state index < -0.39 is 6.10 Å². The molecule has 0 saturated heterocycles. The highest BCUT2D eigenvalue weighted by molar-refractivity contribution is 7.09. The molecule has 0 spiro atoms. The number of aliphatic hydroxyl groups excluding tert-OH is 1. The highest BCUT2D eigenvalue weighted by Gasteiger charge is 2.16. The number of aromatic nitrogens is 1. The zero-order chi connectivity index (χ0) is 13.1. The second-order valence-electron chi connectivity index (χ2n) is 4.23. The Morgan fingerprint density at radius 1 is 1.37 bits per heavy atom. The van der Waals surface area contributed by atoms with Crippen LogP contribution in [0.4, 0.5) is 0 Å². The van der Waals surface area contributed by atoms with Gasteiger partial charge in [0.15, 0.2) is 11.5 Å². The number of aliphatic hydroxyl groups is 1. The normalized spacial score (nSPS) is 14.6. The Kier molecular flexibility index (Phi) is 3.63.